The van der Waals surface area contributed by atoms with E-state index in [-0.39, 0.29) is 5.78 Å². The summed E-state index contributed by atoms with van der Waals surface area (Å²) in [6.45, 7) is 0. The van der Waals surface area contributed by atoms with Gasteiger partial charge in [-0.25, -0.2) is 0 Å². The number of hydrogen-bond acceptors (Lipinski definition) is 1. The van der Waals surface area contributed by atoms with Gasteiger partial charge in [0.1, 0.15) is 0 Å². The smallest absolute Gasteiger partial charge is 0.185 e. The molecule has 19 heavy (non-hydrogen) atoms. The summed E-state index contributed by atoms with van der Waals surface area (Å²) in [5.41, 5.74) is 3.97. The molecule has 0 unspecified atom stereocenters. The van der Waals surface area contributed by atoms with Crippen molar-refractivity contribution in [1.29, 1.82) is 0 Å². The summed E-state index contributed by atoms with van der Waals surface area (Å²) >= 11 is 0. The molecule has 0 bridgehead atoms. The minimum absolute atomic E-state index is 0.174. The summed E-state index contributed by atoms with van der Waals surface area (Å²) in [4.78, 5) is 12.0. The Labute approximate surface area is 112 Å². The third-order valence-electron chi connectivity index (χ3n) is 3.25. The van der Waals surface area contributed by atoms with E-state index in [0.29, 0.717) is 0 Å². The molecular weight excluding hydrogens is 232 g/mol. The van der Waals surface area contributed by atoms with Crippen LogP contribution in [0.15, 0.2) is 71.8 Å². The minimum Gasteiger partial charge on any atom is -0.289 e. The van der Waals surface area contributed by atoms with Crippen LogP contribution in [0.3, 0.4) is 0 Å². The maximum atomic E-state index is 12.0. The molecule has 1 aliphatic carbocycles. The van der Waals surface area contributed by atoms with Gasteiger partial charge in [0.25, 0.3) is 0 Å². The average molecular weight is 246 g/mol. The number of benzene rings is 2. The summed E-state index contributed by atoms with van der Waals surface area (Å²) in [5.74, 6) is 0.174. The molecule has 2 aromatic rings. The van der Waals surface area contributed by atoms with E-state index >= 15 is 0 Å². The number of carbonyl (C=O) groups excluding carboxylic acids is 1. The van der Waals surface area contributed by atoms with Crippen LogP contribution in [0.1, 0.15) is 17.5 Å². The molecule has 0 radical (unpaired) electrons. The molecule has 2 aromatic carbocycles. The van der Waals surface area contributed by atoms with E-state index in [4.69, 9.17) is 0 Å². The fraction of sp³-hybridized carbons (Fsp3) is 0.0556. The lowest BCUT2D eigenvalue weighted by Gasteiger charge is -2.20. The molecule has 0 heterocycles. The second-order valence-electron chi connectivity index (χ2n) is 4.67. The second kappa shape index (κ2) is 5.07. The lowest BCUT2D eigenvalue weighted by molar-refractivity contribution is -0.114. The Morgan fingerprint density at radius 1 is 0.684 bits per heavy atom. The van der Waals surface area contributed by atoms with Gasteiger partial charge in [-0.2, -0.15) is 0 Å². The molecule has 1 heteroatoms. The highest BCUT2D eigenvalue weighted by Gasteiger charge is 2.26. The van der Waals surface area contributed by atoms with Crippen molar-refractivity contribution in [2.45, 2.75) is 6.42 Å². The topological polar surface area (TPSA) is 17.1 Å². The summed E-state index contributed by atoms with van der Waals surface area (Å²) < 4.78 is 0. The van der Waals surface area contributed by atoms with Crippen molar-refractivity contribution >= 4 is 17.9 Å². The third-order valence-corrected chi connectivity index (χ3v) is 3.25. The van der Waals surface area contributed by atoms with Crippen molar-refractivity contribution < 1.29 is 4.79 Å². The Morgan fingerprint density at radius 3 is 1.47 bits per heavy atom. The van der Waals surface area contributed by atoms with Crippen LogP contribution in [-0.2, 0) is 4.79 Å². The summed E-state index contributed by atoms with van der Waals surface area (Å²) in [7, 11) is 0. The molecule has 0 aromatic heterocycles. The van der Waals surface area contributed by atoms with Crippen LogP contribution >= 0.6 is 0 Å². The van der Waals surface area contributed by atoms with Crippen molar-refractivity contribution in [3.05, 3.63) is 82.9 Å². The predicted molar refractivity (Wildman–Crippen MR) is 78.5 cm³/mol. The van der Waals surface area contributed by atoms with Gasteiger partial charge in [0.05, 0.1) is 0 Å². The fourth-order valence-electron chi connectivity index (χ4n) is 2.20. The molecule has 0 amide bonds. The average Bonchev–Trinajstić information content (AvgIpc) is 2.48. The lowest BCUT2D eigenvalue weighted by Crippen LogP contribution is -2.18. The van der Waals surface area contributed by atoms with Gasteiger partial charge in [-0.1, -0.05) is 60.7 Å². The van der Waals surface area contributed by atoms with Crippen LogP contribution in [0.2, 0.25) is 0 Å². The molecule has 3 rings (SSSR count). The summed E-state index contributed by atoms with van der Waals surface area (Å²) in [5, 5.41) is 0. The van der Waals surface area contributed by atoms with Crippen molar-refractivity contribution in [2.75, 3.05) is 0 Å². The molecule has 0 saturated heterocycles. The zero-order valence-corrected chi connectivity index (χ0v) is 10.5. The molecule has 1 nitrogen and oxygen atoms in total. The van der Waals surface area contributed by atoms with Gasteiger partial charge >= 0.3 is 0 Å². The van der Waals surface area contributed by atoms with Crippen molar-refractivity contribution in [3.63, 3.8) is 0 Å². The van der Waals surface area contributed by atoms with E-state index in [0.717, 1.165) is 28.7 Å². The number of rotatable bonds is 2. The number of carbonyl (C=O) groups is 1. The van der Waals surface area contributed by atoms with Gasteiger partial charge in [0, 0.05) is 17.6 Å². The maximum absolute atomic E-state index is 12.0. The standard InChI is InChI=1S/C18H14O/c19-18-16(11-14-7-3-1-4-8-14)13-17(18)12-15-9-5-2-6-10-15/h1-12H,13H2. The normalized spacial score (nSPS) is 18.6. The first-order chi connectivity index (χ1) is 9.33. The quantitative estimate of drug-likeness (QED) is 0.728. The molecule has 1 aliphatic rings. The Morgan fingerprint density at radius 2 is 1.11 bits per heavy atom. The number of ketones is 1. The van der Waals surface area contributed by atoms with E-state index in [1.54, 1.807) is 0 Å². The second-order valence-corrected chi connectivity index (χ2v) is 4.67. The van der Waals surface area contributed by atoms with Crippen molar-refractivity contribution in [3.8, 4) is 0 Å². The van der Waals surface area contributed by atoms with Gasteiger partial charge in [-0.05, 0) is 23.3 Å². The zero-order chi connectivity index (χ0) is 13.1. The van der Waals surface area contributed by atoms with E-state index in [1.807, 2.05) is 72.8 Å². The van der Waals surface area contributed by atoms with Crippen LogP contribution in [-0.4, -0.2) is 5.78 Å². The molecule has 0 spiro atoms. The molecule has 1 fully saturated rings. The monoisotopic (exact) mass is 246 g/mol. The van der Waals surface area contributed by atoms with Gasteiger partial charge in [-0.3, -0.25) is 4.79 Å². The van der Waals surface area contributed by atoms with Crippen molar-refractivity contribution in [1.82, 2.24) is 0 Å². The van der Waals surface area contributed by atoms with Gasteiger partial charge < -0.3 is 0 Å². The molecule has 0 atom stereocenters. The molecule has 92 valence electrons. The van der Waals surface area contributed by atoms with Crippen LogP contribution in [0.4, 0.5) is 0 Å². The van der Waals surface area contributed by atoms with Crippen LogP contribution in [0, 0.1) is 0 Å². The van der Waals surface area contributed by atoms with Gasteiger partial charge in [-0.15, -0.1) is 0 Å². The molecule has 1 saturated carbocycles. The first kappa shape index (κ1) is 11.7. The maximum Gasteiger partial charge on any atom is 0.185 e. The SMILES string of the molecule is O=C1C(=Cc2ccccc2)CC1=Cc1ccccc1. The molecule has 0 N–H and O–H groups in total. The Kier molecular flexibility index (Phi) is 3.11. The fourth-order valence-corrected chi connectivity index (χ4v) is 2.20. The number of allylic oxidation sites excluding steroid dienone is 2. The zero-order valence-electron chi connectivity index (χ0n) is 10.5. The Balaban J connectivity index is 1.78. The van der Waals surface area contributed by atoms with Crippen molar-refractivity contribution in [2.24, 2.45) is 0 Å². The minimum atomic E-state index is 0.174. The van der Waals surface area contributed by atoms with E-state index in [2.05, 4.69) is 0 Å². The number of hydrogen-bond donors (Lipinski definition) is 0. The Hall–Kier alpha value is -2.41. The summed E-state index contributed by atoms with van der Waals surface area (Å²) in [6, 6.07) is 19.9. The van der Waals surface area contributed by atoms with Crippen LogP contribution in [0.5, 0.6) is 0 Å². The Bertz CT molecular complexity index is 591. The lowest BCUT2D eigenvalue weighted by atomic mass is 9.82. The highest BCUT2D eigenvalue weighted by atomic mass is 16.1. The van der Waals surface area contributed by atoms with E-state index < -0.39 is 0 Å². The summed E-state index contributed by atoms with van der Waals surface area (Å²) in [6.07, 6.45) is 4.72. The highest BCUT2D eigenvalue weighted by Crippen LogP contribution is 2.31. The van der Waals surface area contributed by atoms with E-state index in [1.165, 1.54) is 0 Å². The first-order valence-electron chi connectivity index (χ1n) is 6.39. The number of Topliss-reactive ketones (excluding diaryl/α,β-unsaturated/α-hetero) is 1. The largest absolute Gasteiger partial charge is 0.289 e. The third kappa shape index (κ3) is 2.55. The van der Waals surface area contributed by atoms with Gasteiger partial charge in [0.15, 0.2) is 5.78 Å². The van der Waals surface area contributed by atoms with Crippen LogP contribution < -0.4 is 0 Å². The molecular formula is C18H14O. The molecule has 0 aliphatic heterocycles. The van der Waals surface area contributed by atoms with E-state index in [9.17, 15) is 4.79 Å². The first-order valence-corrected chi connectivity index (χ1v) is 6.39. The highest BCUT2D eigenvalue weighted by molar-refractivity contribution is 6.20. The van der Waals surface area contributed by atoms with Crippen LogP contribution in [0.25, 0.3) is 12.2 Å². The van der Waals surface area contributed by atoms with Gasteiger partial charge in [0.2, 0.25) is 0 Å². The predicted octanol–water partition coefficient (Wildman–Crippen LogP) is 4.13.